The molecule has 0 spiro atoms. The fourth-order valence-electron chi connectivity index (χ4n) is 8.27. The minimum Gasteiger partial charge on any atom is -0.457 e. The van der Waals surface area contributed by atoms with Crippen LogP contribution in [0.25, 0.3) is 0 Å². The monoisotopic (exact) mass is 536 g/mol. The van der Waals surface area contributed by atoms with Crippen molar-refractivity contribution in [1.82, 2.24) is 0 Å². The normalized spacial score (nSPS) is 41.7. The Bertz CT molecular complexity index is 1110. The Kier molecular flexibility index (Phi) is 7.26. The quantitative estimate of drug-likeness (QED) is 0.477. The number of allylic oxidation sites excluding steroid dienone is 4. The summed E-state index contributed by atoms with van der Waals surface area (Å²) in [5.74, 6) is -5.37. The van der Waals surface area contributed by atoms with E-state index in [0.717, 1.165) is 6.08 Å². The van der Waals surface area contributed by atoms with E-state index >= 15 is 4.39 Å². The van der Waals surface area contributed by atoms with Crippen LogP contribution in [0.1, 0.15) is 79.6 Å². The van der Waals surface area contributed by atoms with Gasteiger partial charge in [0.1, 0.15) is 0 Å². The van der Waals surface area contributed by atoms with E-state index in [2.05, 4.69) is 0 Å². The van der Waals surface area contributed by atoms with Crippen LogP contribution in [0.4, 0.5) is 8.78 Å². The molecule has 1 N–H and O–H groups in total. The highest BCUT2D eigenvalue weighted by Crippen LogP contribution is 2.71. The summed E-state index contributed by atoms with van der Waals surface area (Å²) in [4.78, 5) is 50.7. The lowest BCUT2D eigenvalue weighted by Gasteiger charge is -2.62. The number of hydrogen-bond donors (Lipinski definition) is 1. The molecule has 38 heavy (non-hydrogen) atoms. The van der Waals surface area contributed by atoms with Crippen molar-refractivity contribution in [3.05, 3.63) is 23.6 Å². The summed E-state index contributed by atoms with van der Waals surface area (Å²) < 4.78 is 43.6. The summed E-state index contributed by atoms with van der Waals surface area (Å²) in [7, 11) is 0. The van der Waals surface area contributed by atoms with Crippen LogP contribution >= 0.6 is 0 Å². The van der Waals surface area contributed by atoms with Crippen LogP contribution in [-0.2, 0) is 28.7 Å². The van der Waals surface area contributed by atoms with E-state index in [1.807, 2.05) is 0 Å². The number of fused-ring (bicyclic) bond motifs is 5. The first-order valence-electron chi connectivity index (χ1n) is 13.6. The molecule has 0 aliphatic heterocycles. The highest BCUT2D eigenvalue weighted by atomic mass is 19.1. The molecule has 4 aliphatic carbocycles. The molecule has 210 valence electrons. The molecule has 4 rings (SSSR count). The zero-order valence-corrected chi connectivity index (χ0v) is 22.8. The van der Waals surface area contributed by atoms with Gasteiger partial charge in [0.05, 0.1) is 6.10 Å². The summed E-state index contributed by atoms with van der Waals surface area (Å²) in [6.07, 6.45) is 1.78. The number of Topliss-reactive ketones (excluding diaryl/α,β-unsaturated/α-hetero) is 1. The van der Waals surface area contributed by atoms with Crippen molar-refractivity contribution >= 4 is 23.5 Å². The highest BCUT2D eigenvalue weighted by molar-refractivity contribution is 6.04. The zero-order chi connectivity index (χ0) is 28.3. The molecule has 4 aliphatic rings. The average Bonchev–Trinajstić information content (AvgIpc) is 3.08. The molecule has 3 saturated carbocycles. The molecule has 7 nitrogen and oxygen atoms in total. The van der Waals surface area contributed by atoms with Gasteiger partial charge in [-0.3, -0.25) is 19.2 Å². The Hall–Kier alpha value is -2.42. The van der Waals surface area contributed by atoms with Crippen molar-refractivity contribution in [2.75, 3.05) is 6.61 Å². The second-order valence-electron chi connectivity index (χ2n) is 11.9. The second kappa shape index (κ2) is 9.65. The van der Waals surface area contributed by atoms with E-state index in [1.54, 1.807) is 27.7 Å². The van der Waals surface area contributed by atoms with Gasteiger partial charge >= 0.3 is 11.9 Å². The van der Waals surface area contributed by atoms with Gasteiger partial charge in [-0.15, -0.1) is 0 Å². The van der Waals surface area contributed by atoms with Crippen LogP contribution in [0, 0.1) is 28.6 Å². The van der Waals surface area contributed by atoms with Crippen LogP contribution in [0.5, 0.6) is 0 Å². The van der Waals surface area contributed by atoms with Crippen LogP contribution in [0.2, 0.25) is 0 Å². The van der Waals surface area contributed by atoms with Crippen molar-refractivity contribution in [3.8, 4) is 0 Å². The first-order chi connectivity index (χ1) is 17.7. The fraction of sp³-hybridized carbons (Fsp3) is 0.724. The van der Waals surface area contributed by atoms with E-state index < -0.39 is 81.9 Å². The molecule has 0 heterocycles. The third-order valence-corrected chi connectivity index (χ3v) is 10.1. The van der Waals surface area contributed by atoms with E-state index in [-0.39, 0.29) is 37.7 Å². The minimum atomic E-state index is -2.31. The Labute approximate surface area is 222 Å². The molecule has 0 bridgehead atoms. The van der Waals surface area contributed by atoms with Gasteiger partial charge in [0.15, 0.2) is 23.7 Å². The summed E-state index contributed by atoms with van der Waals surface area (Å²) in [5.41, 5.74) is -6.69. The standard InChI is InChI=1S/C29H38F2O7/c1-6-8-24(36)38-29(22(34)15-37-23(35)7-2)16(3)13-19-17-9-10-18-25(30)20(32)11-12-26(18,4)28(17,31)21(33)14-27(19,29)5/h11-12,16-17,19,21,33H,6-10,13-15H2,1-5H3/t16-,17-,19-,21-,26-,27-,28-,29-/m0/s1. The van der Waals surface area contributed by atoms with Crippen LogP contribution in [-0.4, -0.2) is 52.6 Å². The lowest BCUT2D eigenvalue weighted by molar-refractivity contribution is -0.229. The smallest absolute Gasteiger partial charge is 0.306 e. The van der Waals surface area contributed by atoms with Crippen LogP contribution < -0.4 is 0 Å². The fourth-order valence-corrected chi connectivity index (χ4v) is 8.27. The first kappa shape index (κ1) is 28.6. The van der Waals surface area contributed by atoms with Crippen molar-refractivity contribution in [3.63, 3.8) is 0 Å². The third-order valence-electron chi connectivity index (χ3n) is 10.1. The van der Waals surface area contributed by atoms with E-state index in [0.29, 0.717) is 12.8 Å². The summed E-state index contributed by atoms with van der Waals surface area (Å²) >= 11 is 0. The maximum absolute atomic E-state index is 17.4. The molecule has 0 aromatic heterocycles. The second-order valence-corrected chi connectivity index (χ2v) is 11.9. The van der Waals surface area contributed by atoms with Gasteiger partial charge < -0.3 is 14.6 Å². The molecular formula is C29H38F2O7. The Morgan fingerprint density at radius 1 is 1.16 bits per heavy atom. The van der Waals surface area contributed by atoms with Gasteiger partial charge in [-0.2, -0.15) is 0 Å². The van der Waals surface area contributed by atoms with Crippen LogP contribution in [0.15, 0.2) is 23.6 Å². The number of hydrogen-bond acceptors (Lipinski definition) is 7. The largest absolute Gasteiger partial charge is 0.457 e. The molecule has 9 heteroatoms. The molecular weight excluding hydrogens is 498 g/mol. The molecule has 0 aromatic rings. The molecule has 0 aromatic carbocycles. The van der Waals surface area contributed by atoms with E-state index in [4.69, 9.17) is 9.47 Å². The van der Waals surface area contributed by atoms with E-state index in [1.165, 1.54) is 13.0 Å². The topological polar surface area (TPSA) is 107 Å². The average molecular weight is 537 g/mol. The van der Waals surface area contributed by atoms with Crippen molar-refractivity contribution in [2.24, 2.45) is 28.6 Å². The number of esters is 2. The Morgan fingerprint density at radius 3 is 2.47 bits per heavy atom. The molecule has 0 saturated heterocycles. The summed E-state index contributed by atoms with van der Waals surface area (Å²) in [6, 6.07) is 0. The summed E-state index contributed by atoms with van der Waals surface area (Å²) in [5, 5.41) is 11.6. The van der Waals surface area contributed by atoms with E-state index in [9.17, 15) is 28.7 Å². The number of aliphatic hydroxyl groups excluding tert-OH is 1. The molecule has 8 atom stereocenters. The maximum atomic E-state index is 17.4. The number of halogens is 2. The van der Waals surface area contributed by atoms with Crippen LogP contribution in [0.3, 0.4) is 0 Å². The van der Waals surface area contributed by atoms with Gasteiger partial charge in [-0.05, 0) is 56.6 Å². The summed E-state index contributed by atoms with van der Waals surface area (Å²) in [6.45, 7) is 7.84. The van der Waals surface area contributed by atoms with Gasteiger partial charge in [0.2, 0.25) is 11.6 Å². The molecule has 3 fully saturated rings. The Balaban J connectivity index is 1.81. The molecule has 0 amide bonds. The highest BCUT2D eigenvalue weighted by Gasteiger charge is 2.77. The molecule has 0 unspecified atom stereocenters. The number of carbonyl (C=O) groups is 4. The Morgan fingerprint density at radius 2 is 1.84 bits per heavy atom. The van der Waals surface area contributed by atoms with Gasteiger partial charge in [-0.1, -0.05) is 33.8 Å². The third kappa shape index (κ3) is 3.67. The lowest BCUT2D eigenvalue weighted by Crippen LogP contribution is -2.70. The van der Waals surface area contributed by atoms with Gasteiger partial charge in [-0.25, -0.2) is 8.78 Å². The number of aliphatic hydroxyl groups is 1. The maximum Gasteiger partial charge on any atom is 0.306 e. The van der Waals surface area contributed by atoms with Gasteiger partial charge in [0.25, 0.3) is 0 Å². The minimum absolute atomic E-state index is 0.0561. The number of ketones is 2. The predicted molar refractivity (Wildman–Crippen MR) is 133 cm³/mol. The predicted octanol–water partition coefficient (Wildman–Crippen LogP) is 4.50. The number of rotatable bonds is 7. The number of alkyl halides is 1. The van der Waals surface area contributed by atoms with Crippen molar-refractivity contribution in [2.45, 2.75) is 96.9 Å². The van der Waals surface area contributed by atoms with Crippen molar-refractivity contribution < 1.29 is 42.5 Å². The number of carbonyl (C=O) groups excluding carboxylic acids is 4. The zero-order valence-electron chi connectivity index (χ0n) is 22.8. The molecule has 0 radical (unpaired) electrons. The first-order valence-corrected chi connectivity index (χ1v) is 13.6. The van der Waals surface area contributed by atoms with Crippen molar-refractivity contribution in [1.29, 1.82) is 0 Å². The lowest BCUT2D eigenvalue weighted by atomic mass is 9.44. The van der Waals surface area contributed by atoms with Gasteiger partial charge in [0, 0.05) is 35.5 Å². The number of ether oxygens (including phenoxy) is 2. The SMILES string of the molecule is CCCC(=O)O[C@]1(C(=O)COC(=O)CC)[C@@H](C)C[C@H]2[C@@H]3CCC4=C(F)C(=O)C=C[C@]4(C)[C@@]3(F)[C@@H](O)C[C@@]21C.